The first-order chi connectivity index (χ1) is 8.20. The quantitative estimate of drug-likeness (QED) is 0.676. The number of rotatable bonds is 5. The first kappa shape index (κ1) is 11.4. The SMILES string of the molecule is NC(=O)C(CN1CC2CCC(C1)O2)NC1CC1. The Kier molecular flexibility index (Phi) is 3.06. The Morgan fingerprint density at radius 2 is 1.94 bits per heavy atom. The van der Waals surface area contributed by atoms with Crippen molar-refractivity contribution in [1.82, 2.24) is 10.2 Å². The van der Waals surface area contributed by atoms with Crippen LogP contribution in [0.3, 0.4) is 0 Å². The Morgan fingerprint density at radius 1 is 1.29 bits per heavy atom. The Hall–Kier alpha value is -0.650. The number of carbonyl (C=O) groups excluding carboxylic acids is 1. The average Bonchev–Trinajstić information content (AvgIpc) is 3.03. The number of likely N-dealkylation sites (tertiary alicyclic amines) is 1. The van der Waals surface area contributed by atoms with E-state index in [-0.39, 0.29) is 11.9 Å². The van der Waals surface area contributed by atoms with Gasteiger partial charge in [-0.25, -0.2) is 0 Å². The van der Waals surface area contributed by atoms with Crippen LogP contribution in [0.2, 0.25) is 0 Å². The minimum absolute atomic E-state index is 0.194. The number of nitrogens with two attached hydrogens (primary N) is 1. The highest BCUT2D eigenvalue weighted by atomic mass is 16.5. The van der Waals surface area contributed by atoms with E-state index in [1.165, 1.54) is 25.7 Å². The molecule has 5 heteroatoms. The second-order valence-corrected chi connectivity index (χ2v) is 5.57. The van der Waals surface area contributed by atoms with Crippen LogP contribution in [0.1, 0.15) is 25.7 Å². The molecular formula is C12H21N3O2. The molecule has 1 aliphatic carbocycles. The highest BCUT2D eigenvalue weighted by Gasteiger charge is 2.36. The third-order valence-electron chi connectivity index (χ3n) is 3.92. The highest BCUT2D eigenvalue weighted by molar-refractivity contribution is 5.80. The zero-order chi connectivity index (χ0) is 11.8. The minimum Gasteiger partial charge on any atom is -0.372 e. The molecule has 3 N–H and O–H groups in total. The molecule has 2 aliphatic heterocycles. The molecule has 3 unspecified atom stereocenters. The van der Waals surface area contributed by atoms with Crippen molar-refractivity contribution in [1.29, 1.82) is 0 Å². The summed E-state index contributed by atoms with van der Waals surface area (Å²) in [5.74, 6) is -0.226. The molecular weight excluding hydrogens is 218 g/mol. The number of hydrogen-bond acceptors (Lipinski definition) is 4. The van der Waals surface area contributed by atoms with Crippen LogP contribution in [0.25, 0.3) is 0 Å². The predicted octanol–water partition coefficient (Wildman–Crippen LogP) is -0.544. The van der Waals surface area contributed by atoms with Crippen molar-refractivity contribution in [3.8, 4) is 0 Å². The first-order valence-electron chi connectivity index (χ1n) is 6.64. The molecule has 0 aromatic rings. The fourth-order valence-corrected chi connectivity index (χ4v) is 2.87. The second-order valence-electron chi connectivity index (χ2n) is 5.57. The summed E-state index contributed by atoms with van der Waals surface area (Å²) in [5.41, 5.74) is 5.46. The van der Waals surface area contributed by atoms with Crippen molar-refractivity contribution in [2.45, 2.75) is 50.0 Å². The Balaban J connectivity index is 1.54. The molecule has 2 heterocycles. The Labute approximate surface area is 102 Å². The summed E-state index contributed by atoms with van der Waals surface area (Å²) in [7, 11) is 0. The third kappa shape index (κ3) is 2.78. The highest BCUT2D eigenvalue weighted by Crippen LogP contribution is 2.26. The van der Waals surface area contributed by atoms with Gasteiger partial charge in [-0.3, -0.25) is 9.69 Å². The maximum absolute atomic E-state index is 11.4. The monoisotopic (exact) mass is 239 g/mol. The molecule has 0 spiro atoms. The van der Waals surface area contributed by atoms with Gasteiger partial charge in [0.2, 0.25) is 5.91 Å². The number of carbonyl (C=O) groups is 1. The van der Waals surface area contributed by atoms with Gasteiger partial charge in [-0.15, -0.1) is 0 Å². The van der Waals surface area contributed by atoms with Gasteiger partial charge in [-0.1, -0.05) is 0 Å². The van der Waals surface area contributed by atoms with E-state index >= 15 is 0 Å². The van der Waals surface area contributed by atoms with Gasteiger partial charge in [0.05, 0.1) is 18.2 Å². The van der Waals surface area contributed by atoms with Gasteiger partial charge in [-0.05, 0) is 25.7 Å². The van der Waals surface area contributed by atoms with Crippen LogP contribution in [-0.2, 0) is 9.53 Å². The molecule has 2 saturated heterocycles. The van der Waals surface area contributed by atoms with Gasteiger partial charge in [0.25, 0.3) is 0 Å². The summed E-state index contributed by atoms with van der Waals surface area (Å²) in [5, 5.41) is 3.33. The number of fused-ring (bicyclic) bond motifs is 2. The zero-order valence-corrected chi connectivity index (χ0v) is 10.1. The first-order valence-corrected chi connectivity index (χ1v) is 6.64. The molecule has 3 fully saturated rings. The number of nitrogens with zero attached hydrogens (tertiary/aromatic N) is 1. The normalized spacial score (nSPS) is 34.8. The number of amides is 1. The van der Waals surface area contributed by atoms with E-state index in [2.05, 4.69) is 10.2 Å². The standard InChI is InChI=1S/C12H21N3O2/c13-12(16)11(14-8-1-2-8)7-15-5-9-3-4-10(6-15)17-9/h8-11,14H,1-7H2,(H2,13,16). The lowest BCUT2D eigenvalue weighted by Gasteiger charge is -2.34. The van der Waals surface area contributed by atoms with Crippen LogP contribution in [0.4, 0.5) is 0 Å². The lowest BCUT2D eigenvalue weighted by atomic mass is 10.2. The second kappa shape index (κ2) is 4.55. The van der Waals surface area contributed by atoms with Crippen molar-refractivity contribution in [3.63, 3.8) is 0 Å². The molecule has 3 rings (SSSR count). The fourth-order valence-electron chi connectivity index (χ4n) is 2.87. The molecule has 17 heavy (non-hydrogen) atoms. The van der Waals surface area contributed by atoms with Crippen molar-refractivity contribution >= 4 is 5.91 Å². The topological polar surface area (TPSA) is 67.6 Å². The number of ether oxygens (including phenoxy) is 1. The Morgan fingerprint density at radius 3 is 2.47 bits per heavy atom. The molecule has 0 aromatic heterocycles. The van der Waals surface area contributed by atoms with Crippen LogP contribution in [0.5, 0.6) is 0 Å². The van der Waals surface area contributed by atoms with E-state index in [0.717, 1.165) is 19.6 Å². The van der Waals surface area contributed by atoms with E-state index < -0.39 is 0 Å². The van der Waals surface area contributed by atoms with Gasteiger partial charge in [0.1, 0.15) is 0 Å². The maximum atomic E-state index is 11.4. The molecule has 3 aliphatic rings. The van der Waals surface area contributed by atoms with E-state index in [1.807, 2.05) is 0 Å². The number of hydrogen-bond donors (Lipinski definition) is 2. The number of morpholine rings is 1. The summed E-state index contributed by atoms with van der Waals surface area (Å²) in [6, 6.07) is 0.324. The molecule has 1 saturated carbocycles. The number of nitrogens with one attached hydrogen (secondary N) is 1. The van der Waals surface area contributed by atoms with Gasteiger partial charge < -0.3 is 15.8 Å². The maximum Gasteiger partial charge on any atom is 0.235 e. The van der Waals surface area contributed by atoms with Gasteiger partial charge in [0, 0.05) is 25.7 Å². The van der Waals surface area contributed by atoms with Crippen molar-refractivity contribution in [2.24, 2.45) is 5.73 Å². The molecule has 0 aromatic carbocycles. The third-order valence-corrected chi connectivity index (χ3v) is 3.92. The molecule has 0 radical (unpaired) electrons. The summed E-state index contributed by atoms with van der Waals surface area (Å²) < 4.78 is 5.78. The van der Waals surface area contributed by atoms with Gasteiger partial charge >= 0.3 is 0 Å². The lowest BCUT2D eigenvalue weighted by Crippen LogP contribution is -2.53. The van der Waals surface area contributed by atoms with Crippen molar-refractivity contribution in [2.75, 3.05) is 19.6 Å². The van der Waals surface area contributed by atoms with Crippen LogP contribution in [0, 0.1) is 0 Å². The molecule has 3 atom stereocenters. The van der Waals surface area contributed by atoms with Gasteiger partial charge in [-0.2, -0.15) is 0 Å². The summed E-state index contributed by atoms with van der Waals surface area (Å²) in [6.45, 7) is 2.64. The largest absolute Gasteiger partial charge is 0.372 e. The van der Waals surface area contributed by atoms with Crippen LogP contribution in [-0.4, -0.2) is 54.7 Å². The van der Waals surface area contributed by atoms with Crippen molar-refractivity contribution in [3.05, 3.63) is 0 Å². The summed E-state index contributed by atoms with van der Waals surface area (Å²) in [4.78, 5) is 13.7. The zero-order valence-electron chi connectivity index (χ0n) is 10.1. The fraction of sp³-hybridized carbons (Fsp3) is 0.917. The predicted molar refractivity (Wildman–Crippen MR) is 63.5 cm³/mol. The molecule has 96 valence electrons. The molecule has 1 amide bonds. The lowest BCUT2D eigenvalue weighted by molar-refractivity contribution is -0.121. The van der Waals surface area contributed by atoms with Crippen LogP contribution >= 0.6 is 0 Å². The molecule has 5 nitrogen and oxygen atoms in total. The van der Waals surface area contributed by atoms with E-state index in [0.29, 0.717) is 18.2 Å². The van der Waals surface area contributed by atoms with Crippen LogP contribution in [0.15, 0.2) is 0 Å². The van der Waals surface area contributed by atoms with Crippen LogP contribution < -0.4 is 11.1 Å². The molecule has 2 bridgehead atoms. The minimum atomic E-state index is -0.226. The van der Waals surface area contributed by atoms with E-state index in [1.54, 1.807) is 0 Å². The summed E-state index contributed by atoms with van der Waals surface area (Å²) in [6.07, 6.45) is 5.44. The number of primary amides is 1. The van der Waals surface area contributed by atoms with E-state index in [9.17, 15) is 4.79 Å². The van der Waals surface area contributed by atoms with Crippen molar-refractivity contribution < 1.29 is 9.53 Å². The summed E-state index contributed by atoms with van der Waals surface area (Å²) >= 11 is 0. The average molecular weight is 239 g/mol. The van der Waals surface area contributed by atoms with E-state index in [4.69, 9.17) is 10.5 Å². The Bertz CT molecular complexity index is 294. The smallest absolute Gasteiger partial charge is 0.235 e. The van der Waals surface area contributed by atoms with Gasteiger partial charge in [0.15, 0.2) is 0 Å².